The van der Waals surface area contributed by atoms with E-state index in [1.54, 1.807) is 6.92 Å². The molecule has 0 unspecified atom stereocenters. The third-order valence-electron chi connectivity index (χ3n) is 1.63. The highest BCUT2D eigenvalue weighted by atomic mass is 32.2. The number of thioether (sulfide) groups is 1. The maximum absolute atomic E-state index is 11.2. The van der Waals surface area contributed by atoms with Gasteiger partial charge in [-0.2, -0.15) is 0 Å². The third-order valence-corrected chi connectivity index (χ3v) is 2.71. The van der Waals surface area contributed by atoms with E-state index in [0.717, 1.165) is 12.2 Å². The summed E-state index contributed by atoms with van der Waals surface area (Å²) in [6.45, 7) is 4.20. The summed E-state index contributed by atoms with van der Waals surface area (Å²) in [6, 6.07) is 0. The topological polar surface area (TPSA) is 35.5 Å². The van der Waals surface area contributed by atoms with E-state index in [1.165, 1.54) is 11.8 Å². The smallest absolute Gasteiger partial charge is 0.345 e. The molecule has 0 spiro atoms. The molecule has 0 saturated carbocycles. The van der Waals surface area contributed by atoms with Crippen LogP contribution in [0, 0.1) is 0 Å². The second-order valence-electron chi connectivity index (χ2n) is 2.69. The molecule has 0 aromatic heterocycles. The van der Waals surface area contributed by atoms with Crippen LogP contribution in [0.2, 0.25) is 0 Å². The molecule has 1 rings (SSSR count). The van der Waals surface area contributed by atoms with Gasteiger partial charge in [0.05, 0.1) is 12.7 Å². The van der Waals surface area contributed by atoms with Crippen LogP contribution in [0.15, 0.2) is 0 Å². The lowest BCUT2D eigenvalue weighted by Gasteiger charge is -2.25. The summed E-state index contributed by atoms with van der Waals surface area (Å²) in [6.07, 6.45) is 1.20. The fourth-order valence-corrected chi connectivity index (χ4v) is 2.15. The van der Waals surface area contributed by atoms with E-state index in [4.69, 9.17) is 9.47 Å². The molecule has 4 heteroatoms. The van der Waals surface area contributed by atoms with Gasteiger partial charge in [0.2, 0.25) is 5.44 Å². The molecule has 1 aliphatic heterocycles. The summed E-state index contributed by atoms with van der Waals surface area (Å²) >= 11 is 1.52. The van der Waals surface area contributed by atoms with Crippen molar-refractivity contribution in [1.29, 1.82) is 0 Å². The minimum absolute atomic E-state index is 0.181. The van der Waals surface area contributed by atoms with Crippen LogP contribution in [0.5, 0.6) is 0 Å². The molecule has 0 amide bonds. The van der Waals surface area contributed by atoms with Gasteiger partial charge in [-0.1, -0.05) is 0 Å². The van der Waals surface area contributed by atoms with Crippen LogP contribution < -0.4 is 0 Å². The Morgan fingerprint density at radius 1 is 1.75 bits per heavy atom. The summed E-state index contributed by atoms with van der Waals surface area (Å²) < 4.78 is 10.2. The molecular formula is C8H14O3S. The largest absolute Gasteiger partial charge is 0.463 e. The number of carbonyl (C=O) groups is 1. The Morgan fingerprint density at radius 3 is 3.08 bits per heavy atom. The minimum Gasteiger partial charge on any atom is -0.463 e. The van der Waals surface area contributed by atoms with E-state index in [1.807, 2.05) is 6.92 Å². The van der Waals surface area contributed by atoms with Gasteiger partial charge in [-0.3, -0.25) is 0 Å². The highest BCUT2D eigenvalue weighted by Crippen LogP contribution is 2.24. The molecule has 0 aromatic carbocycles. The number of esters is 1. The molecule has 1 saturated heterocycles. The average Bonchev–Trinajstić information content (AvgIpc) is 2.05. The summed E-state index contributed by atoms with van der Waals surface area (Å²) in [7, 11) is 0. The molecule has 1 fully saturated rings. The Labute approximate surface area is 76.8 Å². The third kappa shape index (κ3) is 2.68. The summed E-state index contributed by atoms with van der Waals surface area (Å²) in [5.41, 5.74) is -0.395. The molecule has 0 bridgehead atoms. The Kier molecular flexibility index (Phi) is 3.88. The SMILES string of the molecule is CCOC(=O)[C@@H]1O[C@@H](C)CCS1. The van der Waals surface area contributed by atoms with E-state index in [0.29, 0.717) is 6.61 Å². The second kappa shape index (κ2) is 4.72. The Bertz CT molecular complexity index is 160. The zero-order chi connectivity index (χ0) is 8.97. The summed E-state index contributed by atoms with van der Waals surface area (Å²) in [5, 5.41) is 0. The lowest BCUT2D eigenvalue weighted by atomic mass is 10.3. The van der Waals surface area contributed by atoms with Crippen LogP contribution in [0.3, 0.4) is 0 Å². The fourth-order valence-electron chi connectivity index (χ4n) is 0.993. The van der Waals surface area contributed by atoms with Crippen LogP contribution in [-0.2, 0) is 14.3 Å². The van der Waals surface area contributed by atoms with Gasteiger partial charge in [-0.15, -0.1) is 11.8 Å². The van der Waals surface area contributed by atoms with Crippen molar-refractivity contribution in [2.75, 3.05) is 12.4 Å². The lowest BCUT2D eigenvalue weighted by molar-refractivity contribution is -0.153. The van der Waals surface area contributed by atoms with Gasteiger partial charge >= 0.3 is 5.97 Å². The molecular weight excluding hydrogens is 176 g/mol. The van der Waals surface area contributed by atoms with Crippen molar-refractivity contribution in [2.45, 2.75) is 31.8 Å². The molecule has 70 valence electrons. The van der Waals surface area contributed by atoms with E-state index < -0.39 is 5.44 Å². The number of hydrogen-bond acceptors (Lipinski definition) is 4. The molecule has 12 heavy (non-hydrogen) atoms. The quantitative estimate of drug-likeness (QED) is 0.617. The first-order valence-electron chi connectivity index (χ1n) is 4.17. The van der Waals surface area contributed by atoms with Crippen molar-refractivity contribution in [3.05, 3.63) is 0 Å². The first-order chi connectivity index (χ1) is 5.74. The van der Waals surface area contributed by atoms with Gasteiger partial charge in [-0.25, -0.2) is 4.79 Å². The number of carbonyl (C=O) groups excluding carboxylic acids is 1. The van der Waals surface area contributed by atoms with Crippen LogP contribution in [-0.4, -0.2) is 29.9 Å². The zero-order valence-corrected chi connectivity index (χ0v) is 8.23. The van der Waals surface area contributed by atoms with Crippen LogP contribution in [0.1, 0.15) is 20.3 Å². The van der Waals surface area contributed by atoms with Gasteiger partial charge in [0.25, 0.3) is 0 Å². The van der Waals surface area contributed by atoms with Gasteiger partial charge in [0, 0.05) is 0 Å². The van der Waals surface area contributed by atoms with Gasteiger partial charge in [0.15, 0.2) is 0 Å². The standard InChI is InChI=1S/C8H14O3S/c1-3-10-7(9)8-11-6(2)4-5-12-8/h6,8H,3-5H2,1-2H3/t6-,8+/m0/s1. The molecule has 3 nitrogen and oxygen atoms in total. The van der Waals surface area contributed by atoms with E-state index >= 15 is 0 Å². The van der Waals surface area contributed by atoms with Crippen molar-refractivity contribution in [1.82, 2.24) is 0 Å². The maximum atomic E-state index is 11.2. The Hall–Kier alpha value is -0.220. The van der Waals surface area contributed by atoms with E-state index in [2.05, 4.69) is 0 Å². The number of rotatable bonds is 2. The molecule has 2 atom stereocenters. The lowest BCUT2D eigenvalue weighted by Crippen LogP contribution is -2.31. The monoisotopic (exact) mass is 190 g/mol. The minimum atomic E-state index is -0.395. The molecule has 0 aromatic rings. The van der Waals surface area contributed by atoms with Gasteiger partial charge in [0.1, 0.15) is 0 Å². The maximum Gasteiger partial charge on any atom is 0.345 e. The van der Waals surface area contributed by atoms with Crippen molar-refractivity contribution >= 4 is 17.7 Å². The second-order valence-corrected chi connectivity index (χ2v) is 3.86. The Morgan fingerprint density at radius 2 is 2.50 bits per heavy atom. The average molecular weight is 190 g/mol. The first-order valence-corrected chi connectivity index (χ1v) is 5.22. The zero-order valence-electron chi connectivity index (χ0n) is 7.41. The van der Waals surface area contributed by atoms with Gasteiger partial charge in [-0.05, 0) is 26.0 Å². The van der Waals surface area contributed by atoms with E-state index in [-0.39, 0.29) is 12.1 Å². The molecule has 0 N–H and O–H groups in total. The molecule has 0 aliphatic carbocycles. The van der Waals surface area contributed by atoms with Crippen molar-refractivity contribution < 1.29 is 14.3 Å². The molecule has 1 heterocycles. The van der Waals surface area contributed by atoms with Crippen molar-refractivity contribution in [3.63, 3.8) is 0 Å². The van der Waals surface area contributed by atoms with Crippen molar-refractivity contribution in [3.8, 4) is 0 Å². The number of hydrogen-bond donors (Lipinski definition) is 0. The van der Waals surface area contributed by atoms with E-state index in [9.17, 15) is 4.79 Å². The Balaban J connectivity index is 2.35. The highest BCUT2D eigenvalue weighted by molar-refractivity contribution is 8.00. The highest BCUT2D eigenvalue weighted by Gasteiger charge is 2.27. The summed E-state index contributed by atoms with van der Waals surface area (Å²) in [5.74, 6) is 0.735. The number of ether oxygens (including phenoxy) is 2. The van der Waals surface area contributed by atoms with Crippen LogP contribution in [0.4, 0.5) is 0 Å². The first kappa shape index (κ1) is 9.86. The van der Waals surface area contributed by atoms with Crippen LogP contribution >= 0.6 is 11.8 Å². The fraction of sp³-hybridized carbons (Fsp3) is 0.875. The van der Waals surface area contributed by atoms with Gasteiger partial charge < -0.3 is 9.47 Å². The molecule has 0 radical (unpaired) electrons. The normalized spacial score (nSPS) is 29.8. The van der Waals surface area contributed by atoms with Crippen molar-refractivity contribution in [2.24, 2.45) is 0 Å². The predicted molar refractivity (Wildman–Crippen MR) is 48.0 cm³/mol. The summed E-state index contributed by atoms with van der Waals surface area (Å²) in [4.78, 5) is 11.2. The molecule has 1 aliphatic rings. The predicted octanol–water partition coefficient (Wildman–Crippen LogP) is 1.42. The van der Waals surface area contributed by atoms with Crippen LogP contribution in [0.25, 0.3) is 0 Å².